The van der Waals surface area contributed by atoms with Crippen molar-refractivity contribution in [2.75, 3.05) is 18.9 Å². The Morgan fingerprint density at radius 1 is 1.07 bits per heavy atom. The number of hydrogen-bond donors (Lipinski definition) is 2. The standard InChI is InChI=1S/C23H30N2O3S/c1-17(2)20-9-11-21(12-10-20)29-16-22(24-18(3)27)23(28)25(13-14-26)15-19-7-5-4-6-8-19/h4-12,17,22,26H,13-16H2,1-3H3,(H,24,27). The van der Waals surface area contributed by atoms with Crippen molar-refractivity contribution < 1.29 is 14.7 Å². The summed E-state index contributed by atoms with van der Waals surface area (Å²) >= 11 is 1.54. The van der Waals surface area contributed by atoms with E-state index in [0.29, 0.717) is 18.2 Å². The van der Waals surface area contributed by atoms with E-state index in [2.05, 4.69) is 31.3 Å². The molecule has 0 aliphatic rings. The van der Waals surface area contributed by atoms with E-state index in [1.807, 2.05) is 42.5 Å². The maximum atomic E-state index is 13.1. The van der Waals surface area contributed by atoms with Gasteiger partial charge in [-0.25, -0.2) is 0 Å². The van der Waals surface area contributed by atoms with Crippen molar-refractivity contribution in [3.63, 3.8) is 0 Å². The zero-order valence-corrected chi connectivity index (χ0v) is 18.1. The molecule has 0 spiro atoms. The molecule has 2 amide bonds. The fourth-order valence-corrected chi connectivity index (χ4v) is 3.87. The fraction of sp³-hybridized carbons (Fsp3) is 0.391. The minimum atomic E-state index is -0.655. The lowest BCUT2D eigenvalue weighted by atomic mass is 10.0. The molecule has 0 aromatic heterocycles. The molecule has 156 valence electrons. The van der Waals surface area contributed by atoms with Crippen LogP contribution in [0.4, 0.5) is 0 Å². The van der Waals surface area contributed by atoms with Crippen LogP contribution in [0.5, 0.6) is 0 Å². The van der Waals surface area contributed by atoms with Crippen molar-refractivity contribution in [1.82, 2.24) is 10.2 Å². The summed E-state index contributed by atoms with van der Waals surface area (Å²) in [6.07, 6.45) is 0. The Morgan fingerprint density at radius 3 is 2.28 bits per heavy atom. The second-order valence-corrected chi connectivity index (χ2v) is 8.35. The summed E-state index contributed by atoms with van der Waals surface area (Å²) in [7, 11) is 0. The number of rotatable bonds is 10. The van der Waals surface area contributed by atoms with Crippen molar-refractivity contribution >= 4 is 23.6 Å². The summed E-state index contributed by atoms with van der Waals surface area (Å²) in [6.45, 7) is 6.19. The van der Waals surface area contributed by atoms with Crippen LogP contribution in [0.3, 0.4) is 0 Å². The van der Waals surface area contributed by atoms with Crippen LogP contribution in [0, 0.1) is 0 Å². The van der Waals surface area contributed by atoms with Crippen molar-refractivity contribution in [1.29, 1.82) is 0 Å². The lowest BCUT2D eigenvalue weighted by molar-refractivity contribution is -0.136. The SMILES string of the molecule is CC(=O)NC(CSc1ccc(C(C)C)cc1)C(=O)N(CCO)Cc1ccccc1. The van der Waals surface area contributed by atoms with Crippen LogP contribution in [0.1, 0.15) is 37.8 Å². The van der Waals surface area contributed by atoms with Crippen molar-refractivity contribution in [2.24, 2.45) is 0 Å². The molecule has 2 aromatic rings. The van der Waals surface area contributed by atoms with Gasteiger partial charge in [-0.05, 0) is 29.2 Å². The highest BCUT2D eigenvalue weighted by Gasteiger charge is 2.25. The maximum Gasteiger partial charge on any atom is 0.246 e. The molecule has 0 fully saturated rings. The van der Waals surface area contributed by atoms with E-state index in [9.17, 15) is 14.7 Å². The lowest BCUT2D eigenvalue weighted by Gasteiger charge is -2.27. The number of carbonyl (C=O) groups is 2. The molecule has 2 N–H and O–H groups in total. The molecule has 0 saturated heterocycles. The predicted molar refractivity (Wildman–Crippen MR) is 118 cm³/mol. The van der Waals surface area contributed by atoms with Crippen molar-refractivity contribution in [2.45, 2.75) is 44.2 Å². The Kier molecular flexibility index (Phi) is 9.22. The van der Waals surface area contributed by atoms with Crippen LogP contribution in [-0.4, -0.2) is 46.8 Å². The van der Waals surface area contributed by atoms with Gasteiger partial charge in [0.2, 0.25) is 11.8 Å². The van der Waals surface area contributed by atoms with Crippen molar-refractivity contribution in [3.8, 4) is 0 Å². The number of carbonyl (C=O) groups excluding carboxylic acids is 2. The largest absolute Gasteiger partial charge is 0.395 e. The van der Waals surface area contributed by atoms with Gasteiger partial charge in [-0.15, -0.1) is 11.8 Å². The number of thioether (sulfide) groups is 1. The van der Waals surface area contributed by atoms with Crippen molar-refractivity contribution in [3.05, 3.63) is 65.7 Å². The molecule has 0 heterocycles. The highest BCUT2D eigenvalue weighted by atomic mass is 32.2. The summed E-state index contributed by atoms with van der Waals surface area (Å²) in [6, 6.07) is 17.3. The molecule has 0 bridgehead atoms. The van der Waals surface area contributed by atoms with E-state index in [1.165, 1.54) is 24.2 Å². The van der Waals surface area contributed by atoms with E-state index in [-0.39, 0.29) is 25.0 Å². The molecule has 0 saturated carbocycles. The van der Waals surface area contributed by atoms with Gasteiger partial charge in [-0.3, -0.25) is 9.59 Å². The third-order valence-corrected chi connectivity index (χ3v) is 5.64. The molecular weight excluding hydrogens is 384 g/mol. The smallest absolute Gasteiger partial charge is 0.246 e. The third-order valence-electron chi connectivity index (χ3n) is 4.54. The third kappa shape index (κ3) is 7.55. The van der Waals surface area contributed by atoms with Gasteiger partial charge in [0.15, 0.2) is 0 Å². The quantitative estimate of drug-likeness (QED) is 0.585. The van der Waals surface area contributed by atoms with Crippen LogP contribution < -0.4 is 5.32 Å². The van der Waals surface area contributed by atoms with Crippen LogP contribution in [0.2, 0.25) is 0 Å². The first kappa shape index (κ1) is 23.0. The molecule has 0 aliphatic heterocycles. The number of amides is 2. The average molecular weight is 415 g/mol. The van der Waals surface area contributed by atoms with Crippen LogP contribution in [0.15, 0.2) is 59.5 Å². The van der Waals surface area contributed by atoms with Gasteiger partial charge in [-0.1, -0.05) is 56.3 Å². The van der Waals surface area contributed by atoms with Crippen LogP contribution in [-0.2, 0) is 16.1 Å². The maximum absolute atomic E-state index is 13.1. The summed E-state index contributed by atoms with van der Waals surface area (Å²) in [4.78, 5) is 27.5. The Hall–Kier alpha value is -2.31. The molecule has 2 aromatic carbocycles. The van der Waals surface area contributed by atoms with Gasteiger partial charge in [0.05, 0.1) is 6.61 Å². The van der Waals surface area contributed by atoms with Gasteiger partial charge in [0.1, 0.15) is 6.04 Å². The number of benzene rings is 2. The molecule has 5 nitrogen and oxygen atoms in total. The highest BCUT2D eigenvalue weighted by Crippen LogP contribution is 2.23. The molecule has 1 atom stereocenters. The number of hydrogen-bond acceptors (Lipinski definition) is 4. The molecule has 1 unspecified atom stereocenters. The van der Waals surface area contributed by atoms with E-state index < -0.39 is 6.04 Å². The fourth-order valence-electron chi connectivity index (χ4n) is 2.96. The van der Waals surface area contributed by atoms with E-state index in [4.69, 9.17) is 0 Å². The number of nitrogens with one attached hydrogen (secondary N) is 1. The highest BCUT2D eigenvalue weighted by molar-refractivity contribution is 7.99. The molecule has 2 rings (SSSR count). The predicted octanol–water partition coefficient (Wildman–Crippen LogP) is 3.43. The minimum Gasteiger partial charge on any atom is -0.395 e. The number of nitrogens with zero attached hydrogens (tertiary/aromatic N) is 1. The molecule has 6 heteroatoms. The van der Waals surface area contributed by atoms with Gasteiger partial charge in [0, 0.05) is 30.7 Å². The van der Waals surface area contributed by atoms with Gasteiger partial charge < -0.3 is 15.3 Å². The topological polar surface area (TPSA) is 69.6 Å². The van der Waals surface area contributed by atoms with Gasteiger partial charge >= 0.3 is 0 Å². The van der Waals surface area contributed by atoms with E-state index in [0.717, 1.165) is 10.5 Å². The number of aliphatic hydroxyl groups is 1. The normalized spacial score (nSPS) is 11.9. The first-order chi connectivity index (χ1) is 13.9. The number of aliphatic hydroxyl groups excluding tert-OH is 1. The first-order valence-corrected chi connectivity index (χ1v) is 10.8. The summed E-state index contributed by atoms with van der Waals surface area (Å²) in [5.41, 5.74) is 2.24. The molecule has 0 aliphatic carbocycles. The Labute approximate surface area is 177 Å². The van der Waals surface area contributed by atoms with Crippen LogP contribution in [0.25, 0.3) is 0 Å². The lowest BCUT2D eigenvalue weighted by Crippen LogP contribution is -2.49. The molecule has 0 radical (unpaired) electrons. The molecule has 29 heavy (non-hydrogen) atoms. The zero-order chi connectivity index (χ0) is 21.2. The summed E-state index contributed by atoms with van der Waals surface area (Å²) < 4.78 is 0. The second-order valence-electron chi connectivity index (χ2n) is 7.26. The Bertz CT molecular complexity index is 778. The van der Waals surface area contributed by atoms with Gasteiger partial charge in [0.25, 0.3) is 0 Å². The van der Waals surface area contributed by atoms with Gasteiger partial charge in [-0.2, -0.15) is 0 Å². The summed E-state index contributed by atoms with van der Waals surface area (Å²) in [5.74, 6) is 0.454. The summed E-state index contributed by atoms with van der Waals surface area (Å²) in [5, 5.41) is 12.2. The Balaban J connectivity index is 2.09. The van der Waals surface area contributed by atoms with Crippen LogP contribution >= 0.6 is 11.8 Å². The first-order valence-electron chi connectivity index (χ1n) is 9.84. The second kappa shape index (κ2) is 11.6. The van der Waals surface area contributed by atoms with E-state index in [1.54, 1.807) is 4.90 Å². The monoisotopic (exact) mass is 414 g/mol. The minimum absolute atomic E-state index is 0.130. The molecular formula is C23H30N2O3S. The van der Waals surface area contributed by atoms with E-state index >= 15 is 0 Å². The Morgan fingerprint density at radius 2 is 1.72 bits per heavy atom. The zero-order valence-electron chi connectivity index (χ0n) is 17.3. The average Bonchev–Trinajstić information content (AvgIpc) is 2.71.